The Bertz CT molecular complexity index is 960. The van der Waals surface area contributed by atoms with Gasteiger partial charge in [-0.3, -0.25) is 4.21 Å². The van der Waals surface area contributed by atoms with Crippen molar-refractivity contribution in [3.8, 4) is 5.75 Å². The molecule has 2 aliphatic heterocycles. The minimum Gasteiger partial charge on any atom is -0.487 e. The van der Waals surface area contributed by atoms with Crippen LogP contribution in [0, 0.1) is 11.7 Å². The van der Waals surface area contributed by atoms with E-state index in [0.717, 1.165) is 28.7 Å². The SMILES string of the molecule is O=[S@@]1CCc2nc(N3CC(Oc4ccc(F)cc4)C3)nc(NC34CC(C3)C4)c21. The first-order chi connectivity index (χ1) is 13.6. The minimum atomic E-state index is -1.01. The lowest BCUT2D eigenvalue weighted by molar-refractivity contribution is 0.00158. The van der Waals surface area contributed by atoms with Crippen LogP contribution in [0.25, 0.3) is 0 Å². The van der Waals surface area contributed by atoms with Gasteiger partial charge in [0.1, 0.15) is 28.4 Å². The Morgan fingerprint density at radius 3 is 2.61 bits per heavy atom. The summed E-state index contributed by atoms with van der Waals surface area (Å²) in [6, 6.07) is 6.09. The van der Waals surface area contributed by atoms with Crippen LogP contribution in [-0.2, 0) is 17.2 Å². The molecular formula is C20H21FN4O2S. The number of nitrogens with zero attached hydrogens (tertiary/aromatic N) is 3. The fraction of sp³-hybridized carbons (Fsp3) is 0.500. The molecule has 4 fully saturated rings. The van der Waals surface area contributed by atoms with E-state index in [1.54, 1.807) is 12.1 Å². The van der Waals surface area contributed by atoms with Crippen molar-refractivity contribution in [1.82, 2.24) is 9.97 Å². The van der Waals surface area contributed by atoms with Gasteiger partial charge in [0.15, 0.2) is 0 Å². The molecule has 1 atom stereocenters. The van der Waals surface area contributed by atoms with Gasteiger partial charge in [-0.25, -0.2) is 9.37 Å². The quantitative estimate of drug-likeness (QED) is 0.832. The molecule has 1 N–H and O–H groups in total. The van der Waals surface area contributed by atoms with Gasteiger partial charge in [-0.05, 0) is 49.4 Å². The number of benzene rings is 1. The van der Waals surface area contributed by atoms with Crippen LogP contribution < -0.4 is 15.0 Å². The van der Waals surface area contributed by atoms with Crippen molar-refractivity contribution in [1.29, 1.82) is 0 Å². The second kappa shape index (κ2) is 5.89. The van der Waals surface area contributed by atoms with E-state index in [1.807, 2.05) is 0 Å². The first-order valence-electron chi connectivity index (χ1n) is 9.82. The summed E-state index contributed by atoms with van der Waals surface area (Å²) in [5, 5.41) is 3.61. The van der Waals surface area contributed by atoms with Crippen molar-refractivity contribution >= 4 is 22.6 Å². The zero-order chi connectivity index (χ0) is 18.9. The Morgan fingerprint density at radius 2 is 1.93 bits per heavy atom. The number of hydrogen-bond donors (Lipinski definition) is 1. The standard InChI is InChI=1S/C20H21FN4O2S/c21-13-1-3-14(4-2-13)27-15-10-25(11-15)19-22-16-5-6-28(26)17(16)18(23-19)24-20-7-12(8-20)9-20/h1-4,12,15H,5-11H2,(H,22,23,24)/t12?,20?,28-/m1/s1. The third-order valence-corrected chi connectivity index (χ3v) is 7.80. The zero-order valence-electron chi connectivity index (χ0n) is 15.4. The number of ether oxygens (including phenoxy) is 1. The fourth-order valence-electron chi connectivity index (χ4n) is 4.67. The highest BCUT2D eigenvalue weighted by atomic mass is 32.2. The van der Waals surface area contributed by atoms with Crippen molar-refractivity contribution < 1.29 is 13.3 Å². The van der Waals surface area contributed by atoms with E-state index < -0.39 is 10.8 Å². The number of anilines is 2. The molecule has 146 valence electrons. The topological polar surface area (TPSA) is 67.4 Å². The number of halogens is 1. The second-order valence-electron chi connectivity index (χ2n) is 8.43. The third-order valence-electron chi connectivity index (χ3n) is 6.34. The molecule has 3 aliphatic carbocycles. The van der Waals surface area contributed by atoms with Gasteiger partial charge in [0.2, 0.25) is 5.95 Å². The first-order valence-corrected chi connectivity index (χ1v) is 11.1. The molecule has 0 unspecified atom stereocenters. The summed E-state index contributed by atoms with van der Waals surface area (Å²) >= 11 is 0. The molecule has 5 aliphatic rings. The summed E-state index contributed by atoms with van der Waals surface area (Å²) in [5.41, 5.74) is 1.10. The van der Waals surface area contributed by atoms with Crippen LogP contribution in [0.3, 0.4) is 0 Å². The highest BCUT2D eigenvalue weighted by molar-refractivity contribution is 7.85. The lowest BCUT2D eigenvalue weighted by atomic mass is 9.50. The van der Waals surface area contributed by atoms with Crippen molar-refractivity contribution in [3.05, 3.63) is 35.8 Å². The van der Waals surface area contributed by atoms with Gasteiger partial charge < -0.3 is 15.0 Å². The molecule has 8 heteroatoms. The summed E-state index contributed by atoms with van der Waals surface area (Å²) in [4.78, 5) is 12.4. The first kappa shape index (κ1) is 16.7. The molecular weight excluding hydrogens is 379 g/mol. The van der Waals surface area contributed by atoms with Gasteiger partial charge in [-0.15, -0.1) is 0 Å². The number of rotatable bonds is 5. The van der Waals surface area contributed by atoms with E-state index in [2.05, 4.69) is 10.2 Å². The Labute approximate surface area is 165 Å². The third kappa shape index (κ3) is 2.61. The molecule has 1 aromatic carbocycles. The van der Waals surface area contributed by atoms with Crippen molar-refractivity contribution in [2.45, 2.75) is 42.2 Å². The summed E-state index contributed by atoms with van der Waals surface area (Å²) in [6.07, 6.45) is 4.37. The average molecular weight is 400 g/mol. The Morgan fingerprint density at radius 1 is 1.18 bits per heavy atom. The maximum atomic E-state index is 13.0. The van der Waals surface area contributed by atoms with Crippen LogP contribution in [0.15, 0.2) is 29.2 Å². The van der Waals surface area contributed by atoms with Gasteiger partial charge in [0.05, 0.1) is 29.6 Å². The van der Waals surface area contributed by atoms with Crippen molar-refractivity contribution in [3.63, 3.8) is 0 Å². The van der Waals surface area contributed by atoms with Crippen LogP contribution in [0.4, 0.5) is 16.2 Å². The van der Waals surface area contributed by atoms with Crippen molar-refractivity contribution in [2.24, 2.45) is 5.92 Å². The molecule has 3 saturated carbocycles. The smallest absolute Gasteiger partial charge is 0.227 e. The summed E-state index contributed by atoms with van der Waals surface area (Å²) in [5.74, 6) is 3.36. The monoisotopic (exact) mass is 400 g/mol. The molecule has 6 nitrogen and oxygen atoms in total. The summed E-state index contributed by atoms with van der Waals surface area (Å²) in [6.45, 7) is 1.37. The molecule has 0 amide bonds. The molecule has 2 bridgehead atoms. The highest BCUT2D eigenvalue weighted by Crippen LogP contribution is 2.58. The zero-order valence-corrected chi connectivity index (χ0v) is 16.2. The summed E-state index contributed by atoms with van der Waals surface area (Å²) in [7, 11) is -1.01. The number of fused-ring (bicyclic) bond motifs is 1. The Balaban J connectivity index is 1.19. The molecule has 1 saturated heterocycles. The van der Waals surface area contributed by atoms with Crippen LogP contribution in [0.5, 0.6) is 5.75 Å². The predicted octanol–water partition coefficient (Wildman–Crippen LogP) is 2.51. The van der Waals surface area contributed by atoms with E-state index in [0.29, 0.717) is 30.5 Å². The molecule has 0 radical (unpaired) electrons. The minimum absolute atomic E-state index is 0.0328. The predicted molar refractivity (Wildman–Crippen MR) is 104 cm³/mol. The lowest BCUT2D eigenvalue weighted by Crippen LogP contribution is -2.63. The van der Waals surface area contributed by atoms with E-state index >= 15 is 0 Å². The number of aromatic nitrogens is 2. The number of aryl methyl sites for hydroxylation is 1. The van der Waals surface area contributed by atoms with Crippen LogP contribution in [-0.4, -0.2) is 44.7 Å². The fourth-order valence-corrected chi connectivity index (χ4v) is 5.98. The van der Waals surface area contributed by atoms with Gasteiger partial charge in [-0.2, -0.15) is 4.98 Å². The van der Waals surface area contributed by atoms with Crippen LogP contribution >= 0.6 is 0 Å². The highest BCUT2D eigenvalue weighted by Gasteiger charge is 2.57. The van der Waals surface area contributed by atoms with Crippen LogP contribution in [0.2, 0.25) is 0 Å². The van der Waals surface area contributed by atoms with Gasteiger partial charge in [0, 0.05) is 17.7 Å². The Kier molecular flexibility index (Phi) is 3.51. The lowest BCUT2D eigenvalue weighted by Gasteiger charge is -2.62. The van der Waals surface area contributed by atoms with E-state index in [-0.39, 0.29) is 17.5 Å². The van der Waals surface area contributed by atoms with Gasteiger partial charge in [0.25, 0.3) is 0 Å². The van der Waals surface area contributed by atoms with E-state index in [9.17, 15) is 8.60 Å². The van der Waals surface area contributed by atoms with Crippen LogP contribution in [0.1, 0.15) is 25.0 Å². The average Bonchev–Trinajstić information content (AvgIpc) is 2.95. The number of hydrogen-bond acceptors (Lipinski definition) is 6. The van der Waals surface area contributed by atoms with E-state index in [4.69, 9.17) is 14.7 Å². The van der Waals surface area contributed by atoms with Gasteiger partial charge >= 0.3 is 0 Å². The molecule has 28 heavy (non-hydrogen) atoms. The van der Waals surface area contributed by atoms with E-state index in [1.165, 1.54) is 31.4 Å². The number of nitrogens with one attached hydrogen (secondary N) is 1. The largest absolute Gasteiger partial charge is 0.487 e. The normalized spacial score (nSPS) is 30.1. The van der Waals surface area contributed by atoms with Gasteiger partial charge in [-0.1, -0.05) is 0 Å². The van der Waals surface area contributed by atoms with Crippen molar-refractivity contribution in [2.75, 3.05) is 29.1 Å². The maximum absolute atomic E-state index is 13.0. The molecule has 7 rings (SSSR count). The molecule has 0 spiro atoms. The second-order valence-corrected chi connectivity index (χ2v) is 9.94. The molecule has 1 aromatic heterocycles. The summed E-state index contributed by atoms with van der Waals surface area (Å²) < 4.78 is 31.4. The molecule has 2 aromatic rings. The molecule has 3 heterocycles. The Hall–Kier alpha value is -2.22. The maximum Gasteiger partial charge on any atom is 0.227 e.